The van der Waals surface area contributed by atoms with E-state index in [1.54, 1.807) is 0 Å². The van der Waals surface area contributed by atoms with Crippen LogP contribution in [0.3, 0.4) is 0 Å². The van der Waals surface area contributed by atoms with Crippen molar-refractivity contribution in [1.82, 2.24) is 14.7 Å². The van der Waals surface area contributed by atoms with Gasteiger partial charge in [0.2, 0.25) is 0 Å². The number of alkyl halides is 6. The highest BCUT2D eigenvalue weighted by Gasteiger charge is 2.39. The monoisotopic (exact) mass is 541 g/mol. The van der Waals surface area contributed by atoms with E-state index >= 15 is 0 Å². The first-order valence-electron chi connectivity index (χ1n) is 12.0. The van der Waals surface area contributed by atoms with Gasteiger partial charge in [-0.25, -0.2) is 4.39 Å². The van der Waals surface area contributed by atoms with E-state index in [2.05, 4.69) is 5.10 Å². The van der Waals surface area contributed by atoms with E-state index in [0.717, 1.165) is 41.8 Å². The molecule has 3 aromatic rings. The van der Waals surface area contributed by atoms with Crippen molar-refractivity contribution in [3.05, 3.63) is 71.2 Å². The number of piperidine rings is 1. The molecule has 2 heterocycles. The van der Waals surface area contributed by atoms with Crippen molar-refractivity contribution >= 4 is 5.91 Å². The lowest BCUT2D eigenvalue weighted by atomic mass is 10.0. The zero-order valence-electron chi connectivity index (χ0n) is 19.8. The van der Waals surface area contributed by atoms with Gasteiger partial charge in [-0.15, -0.1) is 0 Å². The van der Waals surface area contributed by atoms with Gasteiger partial charge in [-0.3, -0.25) is 9.48 Å². The standard InChI is InChI=1S/C26H22F7N3O2/c27-15-5-8-19(22(13-15)38-17-6-7-17)24(37)35-11-9-16(10-12-35)36-21(14-23(34-36)26(31,32)33)18-3-1-2-4-20(18)25(28,29)30/h1-5,8,13-14,16-17H,6-7,9-12H2. The maximum atomic E-state index is 13.8. The fraction of sp³-hybridized carbons (Fsp3) is 0.385. The molecule has 0 unspecified atom stereocenters. The van der Waals surface area contributed by atoms with Crippen LogP contribution in [0.5, 0.6) is 5.75 Å². The Bertz CT molecular complexity index is 1340. The first kappa shape index (κ1) is 26.1. The van der Waals surface area contributed by atoms with Crippen LogP contribution in [0.1, 0.15) is 53.3 Å². The quantitative estimate of drug-likeness (QED) is 0.336. The molecule has 12 heteroatoms. The molecule has 2 fully saturated rings. The highest BCUT2D eigenvalue weighted by atomic mass is 19.4. The Morgan fingerprint density at radius 2 is 1.58 bits per heavy atom. The van der Waals surface area contributed by atoms with E-state index in [9.17, 15) is 35.5 Å². The van der Waals surface area contributed by atoms with E-state index in [1.165, 1.54) is 23.1 Å². The summed E-state index contributed by atoms with van der Waals surface area (Å²) in [7, 11) is 0. The Labute approximate surface area is 212 Å². The maximum absolute atomic E-state index is 13.8. The van der Waals surface area contributed by atoms with E-state index in [4.69, 9.17) is 4.74 Å². The number of ether oxygens (including phenoxy) is 1. The molecular weight excluding hydrogens is 519 g/mol. The van der Waals surface area contributed by atoms with Gasteiger partial charge in [0.15, 0.2) is 5.69 Å². The van der Waals surface area contributed by atoms with Gasteiger partial charge in [0, 0.05) is 24.7 Å². The molecule has 1 aliphatic carbocycles. The van der Waals surface area contributed by atoms with Crippen LogP contribution in [0.4, 0.5) is 30.7 Å². The average molecular weight is 541 g/mol. The largest absolute Gasteiger partial charge is 0.489 e. The molecule has 2 aliphatic rings. The Morgan fingerprint density at radius 1 is 0.895 bits per heavy atom. The van der Waals surface area contributed by atoms with Gasteiger partial charge in [-0.05, 0) is 49.9 Å². The molecule has 0 atom stereocenters. The third-order valence-corrected chi connectivity index (χ3v) is 6.62. The van der Waals surface area contributed by atoms with Crippen LogP contribution in [0, 0.1) is 5.82 Å². The number of carbonyl (C=O) groups excluding carboxylic acids is 1. The van der Waals surface area contributed by atoms with Gasteiger partial charge < -0.3 is 9.64 Å². The summed E-state index contributed by atoms with van der Waals surface area (Å²) in [6.45, 7) is 0.233. The van der Waals surface area contributed by atoms with Gasteiger partial charge in [0.25, 0.3) is 5.91 Å². The summed E-state index contributed by atoms with van der Waals surface area (Å²) in [5.74, 6) is -0.840. The summed E-state index contributed by atoms with van der Waals surface area (Å²) in [6, 6.07) is 7.98. The summed E-state index contributed by atoms with van der Waals surface area (Å²) in [6.07, 6.45) is -7.79. The normalized spacial score (nSPS) is 17.1. The molecule has 38 heavy (non-hydrogen) atoms. The Balaban J connectivity index is 1.41. The van der Waals surface area contributed by atoms with Gasteiger partial charge in [-0.1, -0.05) is 18.2 Å². The molecule has 1 saturated carbocycles. The number of halogens is 7. The SMILES string of the molecule is O=C(c1ccc(F)cc1OC1CC1)N1CCC(n2nc(C(F)(F)F)cc2-c2ccccc2C(F)(F)F)CC1. The fourth-order valence-electron chi connectivity index (χ4n) is 4.59. The first-order valence-corrected chi connectivity index (χ1v) is 12.0. The molecule has 2 aromatic carbocycles. The third-order valence-electron chi connectivity index (χ3n) is 6.62. The molecule has 0 spiro atoms. The van der Waals surface area contributed by atoms with Gasteiger partial charge >= 0.3 is 12.4 Å². The molecule has 1 saturated heterocycles. The Kier molecular flexibility index (Phi) is 6.60. The Morgan fingerprint density at radius 3 is 2.21 bits per heavy atom. The number of rotatable bonds is 5. The molecule has 5 nitrogen and oxygen atoms in total. The number of benzene rings is 2. The predicted molar refractivity (Wildman–Crippen MR) is 122 cm³/mol. The van der Waals surface area contributed by atoms with Gasteiger partial charge in [-0.2, -0.15) is 31.4 Å². The lowest BCUT2D eigenvalue weighted by Crippen LogP contribution is -2.39. The summed E-state index contributed by atoms with van der Waals surface area (Å²) in [4.78, 5) is 14.7. The van der Waals surface area contributed by atoms with Crippen molar-refractivity contribution in [2.45, 2.75) is 50.2 Å². The number of likely N-dealkylation sites (tertiary alicyclic amines) is 1. The fourth-order valence-corrected chi connectivity index (χ4v) is 4.59. The van der Waals surface area contributed by atoms with Crippen LogP contribution in [0.25, 0.3) is 11.3 Å². The molecule has 0 radical (unpaired) electrons. The molecule has 202 valence electrons. The van der Waals surface area contributed by atoms with Gasteiger partial charge in [0.05, 0.1) is 29.0 Å². The average Bonchev–Trinajstić information content (AvgIpc) is 3.55. The van der Waals surface area contributed by atoms with Crippen molar-refractivity contribution in [2.75, 3.05) is 13.1 Å². The van der Waals surface area contributed by atoms with Crippen LogP contribution < -0.4 is 4.74 Å². The molecule has 1 aliphatic heterocycles. The topological polar surface area (TPSA) is 47.4 Å². The third kappa shape index (κ3) is 5.34. The molecule has 5 rings (SSSR count). The van der Waals surface area contributed by atoms with E-state index < -0.39 is 46.9 Å². The maximum Gasteiger partial charge on any atom is 0.435 e. The smallest absolute Gasteiger partial charge is 0.435 e. The van der Waals surface area contributed by atoms with E-state index in [1.807, 2.05) is 0 Å². The van der Waals surface area contributed by atoms with Crippen LogP contribution in [-0.2, 0) is 12.4 Å². The van der Waals surface area contributed by atoms with Crippen molar-refractivity contribution in [2.24, 2.45) is 0 Å². The second kappa shape index (κ2) is 9.63. The lowest BCUT2D eigenvalue weighted by Gasteiger charge is -2.33. The highest BCUT2D eigenvalue weighted by Crippen LogP contribution is 2.41. The zero-order chi connectivity index (χ0) is 27.2. The van der Waals surface area contributed by atoms with Crippen molar-refractivity contribution in [1.29, 1.82) is 0 Å². The lowest BCUT2D eigenvalue weighted by molar-refractivity contribution is -0.141. The number of aromatic nitrogens is 2. The summed E-state index contributed by atoms with van der Waals surface area (Å²) in [5.41, 5.74) is -2.89. The van der Waals surface area contributed by atoms with Crippen LogP contribution in [0.15, 0.2) is 48.5 Å². The number of amides is 1. The second-order valence-corrected chi connectivity index (χ2v) is 9.38. The zero-order valence-corrected chi connectivity index (χ0v) is 19.8. The minimum absolute atomic E-state index is 0.0743. The number of nitrogens with zero attached hydrogens (tertiary/aromatic N) is 3. The van der Waals surface area contributed by atoms with Crippen molar-refractivity contribution in [3.8, 4) is 17.0 Å². The highest BCUT2D eigenvalue weighted by molar-refractivity contribution is 5.97. The molecule has 0 N–H and O–H groups in total. The van der Waals surface area contributed by atoms with E-state index in [0.29, 0.717) is 6.07 Å². The molecular formula is C26H22F7N3O2. The Hall–Kier alpha value is -3.57. The van der Waals surface area contributed by atoms with Gasteiger partial charge in [0.1, 0.15) is 11.6 Å². The van der Waals surface area contributed by atoms with E-state index in [-0.39, 0.29) is 49.0 Å². The van der Waals surface area contributed by atoms with Crippen LogP contribution >= 0.6 is 0 Å². The molecule has 1 aromatic heterocycles. The second-order valence-electron chi connectivity index (χ2n) is 9.38. The number of carbonyl (C=O) groups is 1. The summed E-state index contributed by atoms with van der Waals surface area (Å²) >= 11 is 0. The van der Waals surface area contributed by atoms with Crippen molar-refractivity contribution < 1.29 is 40.3 Å². The van der Waals surface area contributed by atoms with Crippen LogP contribution in [0.2, 0.25) is 0 Å². The first-order chi connectivity index (χ1) is 17.9. The predicted octanol–water partition coefficient (Wildman–Crippen LogP) is 6.75. The molecule has 1 amide bonds. The van der Waals surface area contributed by atoms with Crippen LogP contribution in [-0.4, -0.2) is 39.8 Å². The summed E-state index contributed by atoms with van der Waals surface area (Å²) in [5, 5.41) is 3.66. The minimum Gasteiger partial charge on any atom is -0.489 e. The van der Waals surface area contributed by atoms with Crippen molar-refractivity contribution in [3.63, 3.8) is 0 Å². The minimum atomic E-state index is -4.86. The number of hydrogen-bond donors (Lipinski definition) is 0. The molecule has 0 bridgehead atoms. The summed E-state index contributed by atoms with van der Waals surface area (Å²) < 4.78 is 102. The number of hydrogen-bond acceptors (Lipinski definition) is 3.